The molecule has 0 aliphatic heterocycles. The van der Waals surface area contributed by atoms with E-state index < -0.39 is 29.3 Å². The van der Waals surface area contributed by atoms with Gasteiger partial charge in [-0.25, -0.2) is 4.79 Å². The zero-order valence-corrected chi connectivity index (χ0v) is 24.6. The Morgan fingerprint density at radius 2 is 1.66 bits per heavy atom. The molecule has 1 aromatic rings. The normalized spacial score (nSPS) is 17.2. The molecular formula is C30H49N3O5. The van der Waals surface area contributed by atoms with Crippen molar-refractivity contribution >= 4 is 17.9 Å². The number of nitrogens with zero attached hydrogens (tertiary/aromatic N) is 1. The molecule has 3 unspecified atom stereocenters. The molecular weight excluding hydrogens is 482 g/mol. The van der Waals surface area contributed by atoms with Crippen molar-refractivity contribution in [2.75, 3.05) is 0 Å². The second kappa shape index (κ2) is 13.3. The van der Waals surface area contributed by atoms with Crippen LogP contribution in [0.1, 0.15) is 112 Å². The number of amides is 3. The smallest absolute Gasteiger partial charge is 0.408 e. The van der Waals surface area contributed by atoms with E-state index in [4.69, 9.17) is 4.74 Å². The van der Waals surface area contributed by atoms with E-state index in [2.05, 4.69) is 10.6 Å². The fourth-order valence-electron chi connectivity index (χ4n) is 4.86. The molecule has 0 bridgehead atoms. The Morgan fingerprint density at radius 1 is 1.05 bits per heavy atom. The molecule has 214 valence electrons. The van der Waals surface area contributed by atoms with Crippen LogP contribution in [0, 0.1) is 5.92 Å². The highest BCUT2D eigenvalue weighted by molar-refractivity contribution is 5.93. The number of alkyl carbamates (subject to hydrolysis) is 1. The van der Waals surface area contributed by atoms with Crippen LogP contribution in [0.5, 0.6) is 5.75 Å². The lowest BCUT2D eigenvalue weighted by Gasteiger charge is -2.45. The average Bonchev–Trinajstić information content (AvgIpc) is 2.85. The van der Waals surface area contributed by atoms with E-state index in [1.54, 1.807) is 43.9 Å². The highest BCUT2D eigenvalue weighted by atomic mass is 16.6. The SMILES string of the molecule is CCC(C)C(NC(=O)OC(C)(C)C)C(=O)N(C(C(=O)NC1CCCCC1)c1ccccc1O)C(C)(C)CC. The fraction of sp³-hybridized carbons (Fsp3) is 0.700. The maximum Gasteiger partial charge on any atom is 0.408 e. The quantitative estimate of drug-likeness (QED) is 0.352. The van der Waals surface area contributed by atoms with Gasteiger partial charge in [0.15, 0.2) is 0 Å². The van der Waals surface area contributed by atoms with Crippen LogP contribution in [-0.4, -0.2) is 51.1 Å². The van der Waals surface area contributed by atoms with Gasteiger partial charge in [0, 0.05) is 17.1 Å². The predicted octanol–water partition coefficient (Wildman–Crippen LogP) is 5.84. The molecule has 0 aromatic heterocycles. The molecule has 1 aliphatic carbocycles. The number of carbonyl (C=O) groups excluding carboxylic acids is 3. The molecule has 0 heterocycles. The number of rotatable bonds is 10. The van der Waals surface area contributed by atoms with E-state index in [0.717, 1.165) is 32.1 Å². The summed E-state index contributed by atoms with van der Waals surface area (Å²) in [4.78, 5) is 42.9. The van der Waals surface area contributed by atoms with E-state index >= 15 is 0 Å². The Kier molecular flexibility index (Phi) is 11.0. The molecule has 1 saturated carbocycles. The summed E-state index contributed by atoms with van der Waals surface area (Å²) in [6.45, 7) is 14.9. The van der Waals surface area contributed by atoms with Crippen LogP contribution < -0.4 is 10.6 Å². The van der Waals surface area contributed by atoms with Crippen molar-refractivity contribution in [1.29, 1.82) is 0 Å². The van der Waals surface area contributed by atoms with Crippen molar-refractivity contribution in [3.8, 4) is 5.75 Å². The third-order valence-electron chi connectivity index (χ3n) is 7.60. The van der Waals surface area contributed by atoms with Gasteiger partial charge in [0.1, 0.15) is 23.4 Å². The van der Waals surface area contributed by atoms with Crippen LogP contribution in [0.4, 0.5) is 4.79 Å². The monoisotopic (exact) mass is 531 g/mol. The topological polar surface area (TPSA) is 108 Å². The summed E-state index contributed by atoms with van der Waals surface area (Å²) >= 11 is 0. The molecule has 1 aromatic carbocycles. The lowest BCUT2D eigenvalue weighted by atomic mass is 9.88. The number of carbonyl (C=O) groups is 3. The number of phenolic OH excluding ortho intramolecular Hbond substituents is 1. The van der Waals surface area contributed by atoms with Gasteiger partial charge in [-0.05, 0) is 65.9 Å². The number of phenols is 1. The van der Waals surface area contributed by atoms with Crippen molar-refractivity contribution in [3.63, 3.8) is 0 Å². The standard InChI is InChI=1S/C30H49N3O5/c1-9-20(3)24(32-28(37)38-29(4,5)6)27(36)33(30(7,8)10-2)25(22-18-14-15-19-23(22)34)26(35)31-21-16-12-11-13-17-21/h14-15,18-21,24-25,34H,9-13,16-17H2,1-8H3,(H,31,35)(H,32,37). The summed E-state index contributed by atoms with van der Waals surface area (Å²) in [5.74, 6) is -0.990. The Bertz CT molecular complexity index is 949. The molecule has 1 aliphatic rings. The minimum atomic E-state index is -1.08. The molecule has 1 fully saturated rings. The summed E-state index contributed by atoms with van der Waals surface area (Å²) in [5.41, 5.74) is -1.14. The van der Waals surface area contributed by atoms with Crippen molar-refractivity contribution in [1.82, 2.24) is 15.5 Å². The third kappa shape index (κ3) is 8.37. The van der Waals surface area contributed by atoms with E-state index in [0.29, 0.717) is 18.4 Å². The van der Waals surface area contributed by atoms with Crippen LogP contribution in [-0.2, 0) is 14.3 Å². The Hall–Kier alpha value is -2.77. The van der Waals surface area contributed by atoms with Crippen molar-refractivity contribution in [3.05, 3.63) is 29.8 Å². The number of hydrogen-bond acceptors (Lipinski definition) is 5. The summed E-state index contributed by atoms with van der Waals surface area (Å²) in [6, 6.07) is 4.69. The zero-order valence-electron chi connectivity index (χ0n) is 24.6. The van der Waals surface area contributed by atoms with Gasteiger partial charge < -0.3 is 25.4 Å². The first kappa shape index (κ1) is 31.4. The van der Waals surface area contributed by atoms with E-state index in [9.17, 15) is 19.5 Å². The van der Waals surface area contributed by atoms with Crippen LogP contribution in [0.3, 0.4) is 0 Å². The van der Waals surface area contributed by atoms with E-state index in [1.807, 2.05) is 34.6 Å². The molecule has 8 heteroatoms. The number of para-hydroxylation sites is 1. The predicted molar refractivity (Wildman–Crippen MR) is 150 cm³/mol. The summed E-state index contributed by atoms with van der Waals surface area (Å²) in [7, 11) is 0. The van der Waals surface area contributed by atoms with Gasteiger partial charge in [-0.1, -0.05) is 64.7 Å². The fourth-order valence-corrected chi connectivity index (χ4v) is 4.86. The van der Waals surface area contributed by atoms with Gasteiger partial charge in [-0.3, -0.25) is 9.59 Å². The molecule has 3 N–H and O–H groups in total. The van der Waals surface area contributed by atoms with Gasteiger partial charge in [-0.2, -0.15) is 0 Å². The Morgan fingerprint density at radius 3 is 2.18 bits per heavy atom. The Balaban J connectivity index is 2.59. The minimum Gasteiger partial charge on any atom is -0.508 e. The van der Waals surface area contributed by atoms with Crippen LogP contribution in [0.15, 0.2) is 24.3 Å². The van der Waals surface area contributed by atoms with Crippen molar-refractivity contribution < 1.29 is 24.2 Å². The molecule has 3 amide bonds. The molecule has 0 radical (unpaired) electrons. The molecule has 3 atom stereocenters. The number of ether oxygens (including phenoxy) is 1. The highest BCUT2D eigenvalue weighted by Crippen LogP contribution is 2.37. The maximum atomic E-state index is 14.5. The Labute approximate surface area is 228 Å². The van der Waals surface area contributed by atoms with Crippen molar-refractivity contribution in [2.24, 2.45) is 5.92 Å². The lowest BCUT2D eigenvalue weighted by molar-refractivity contribution is -0.150. The third-order valence-corrected chi connectivity index (χ3v) is 7.60. The molecule has 2 rings (SSSR count). The van der Waals surface area contributed by atoms with E-state index in [-0.39, 0.29) is 29.5 Å². The van der Waals surface area contributed by atoms with Gasteiger partial charge in [0.05, 0.1) is 0 Å². The average molecular weight is 532 g/mol. The van der Waals surface area contributed by atoms with Crippen LogP contribution in [0.2, 0.25) is 0 Å². The van der Waals surface area contributed by atoms with Gasteiger partial charge in [0.2, 0.25) is 11.8 Å². The first-order chi connectivity index (χ1) is 17.7. The first-order valence-corrected chi connectivity index (χ1v) is 14.1. The van der Waals surface area contributed by atoms with Gasteiger partial charge >= 0.3 is 6.09 Å². The molecule has 0 spiro atoms. The maximum absolute atomic E-state index is 14.5. The summed E-state index contributed by atoms with van der Waals surface area (Å²) in [6.07, 6.45) is 5.52. The molecule has 8 nitrogen and oxygen atoms in total. The summed E-state index contributed by atoms with van der Waals surface area (Å²) < 4.78 is 5.48. The lowest BCUT2D eigenvalue weighted by Crippen LogP contribution is -2.61. The largest absolute Gasteiger partial charge is 0.508 e. The first-order valence-electron chi connectivity index (χ1n) is 14.1. The van der Waals surface area contributed by atoms with Crippen LogP contribution in [0.25, 0.3) is 0 Å². The number of nitrogens with one attached hydrogen (secondary N) is 2. The van der Waals surface area contributed by atoms with E-state index in [1.165, 1.54) is 6.07 Å². The minimum absolute atomic E-state index is 0.0246. The zero-order chi connectivity index (χ0) is 28.7. The van der Waals surface area contributed by atoms with Crippen molar-refractivity contribution in [2.45, 2.75) is 130 Å². The second-order valence-electron chi connectivity index (χ2n) is 12.2. The van der Waals surface area contributed by atoms with Gasteiger partial charge in [0.25, 0.3) is 0 Å². The number of hydrogen-bond donors (Lipinski definition) is 3. The van der Waals surface area contributed by atoms with Crippen LogP contribution >= 0.6 is 0 Å². The highest BCUT2D eigenvalue weighted by Gasteiger charge is 2.45. The summed E-state index contributed by atoms with van der Waals surface area (Å²) in [5, 5.41) is 16.8. The molecule has 38 heavy (non-hydrogen) atoms. The molecule has 0 saturated heterocycles. The second-order valence-corrected chi connectivity index (χ2v) is 12.2. The van der Waals surface area contributed by atoms with Gasteiger partial charge in [-0.15, -0.1) is 0 Å². The number of benzene rings is 1. The number of aromatic hydroxyl groups is 1.